The number of amides is 2. The molecular weight excluding hydrogens is 313 g/mol. The van der Waals surface area contributed by atoms with Crippen LogP contribution in [-0.2, 0) is 52.3 Å². The van der Waals surface area contributed by atoms with Gasteiger partial charge in [0.15, 0.2) is 5.91 Å². The van der Waals surface area contributed by atoms with E-state index in [2.05, 4.69) is 0 Å². The maximum atomic E-state index is 11.3. The number of likely N-dealkylation sites (N-methyl/N-ethyl adjacent to an activating group) is 1. The number of hydrogen-bond acceptors (Lipinski definition) is 5. The van der Waals surface area contributed by atoms with Gasteiger partial charge in [0.2, 0.25) is 0 Å². The molecule has 0 aromatic rings. The molecule has 0 aliphatic rings. The van der Waals surface area contributed by atoms with E-state index in [1.807, 2.05) is 0 Å². The number of hydroxylamine groups is 1. The van der Waals surface area contributed by atoms with E-state index < -0.39 is 26.3 Å². The van der Waals surface area contributed by atoms with Gasteiger partial charge in [-0.05, 0) is 7.05 Å². The number of rotatable bonds is 3. The second-order valence-electron chi connectivity index (χ2n) is 2.97. The molecule has 0 unspecified atom stereocenters. The average Bonchev–Trinajstić information content (AvgIpc) is 2.11. The van der Waals surface area contributed by atoms with Crippen LogP contribution in [0.2, 0.25) is 0 Å². The van der Waals surface area contributed by atoms with E-state index in [4.69, 9.17) is 5.21 Å². The molecule has 0 bridgehead atoms. The summed E-state index contributed by atoms with van der Waals surface area (Å²) >= 11 is 0. The van der Waals surface area contributed by atoms with Gasteiger partial charge in [-0.1, -0.05) is 0 Å². The molecule has 16 heavy (non-hydrogen) atoms. The van der Waals surface area contributed by atoms with E-state index in [9.17, 15) is 18.0 Å². The predicted molar refractivity (Wildman–Crippen MR) is 50.8 cm³/mol. The van der Waals surface area contributed by atoms with E-state index >= 15 is 0 Å². The molecule has 1 radical (unpaired) electrons. The minimum absolute atomic E-state index is 0. The summed E-state index contributed by atoms with van der Waals surface area (Å²) in [4.78, 5) is 23.1. The SMILES string of the molecule is CC(=O)N(C)[C-](C)C(=O)N(O)S(C)(=O)=O.[Y]. The van der Waals surface area contributed by atoms with E-state index in [1.54, 1.807) is 0 Å². The molecule has 0 saturated heterocycles. The summed E-state index contributed by atoms with van der Waals surface area (Å²) in [6, 6.07) is -0.185. The molecule has 91 valence electrons. The van der Waals surface area contributed by atoms with Crippen LogP contribution in [0, 0.1) is 6.04 Å². The summed E-state index contributed by atoms with van der Waals surface area (Å²) in [6.45, 7) is 2.44. The van der Waals surface area contributed by atoms with Gasteiger partial charge in [0.05, 0.1) is 6.26 Å². The van der Waals surface area contributed by atoms with Crippen molar-refractivity contribution < 1.29 is 55.9 Å². The van der Waals surface area contributed by atoms with Crippen LogP contribution < -0.4 is 0 Å². The van der Waals surface area contributed by atoms with Crippen molar-refractivity contribution in [2.75, 3.05) is 13.3 Å². The molecular formula is C7H13N2O5SY-. The van der Waals surface area contributed by atoms with Crippen molar-refractivity contribution in [3.8, 4) is 0 Å². The molecule has 0 rings (SSSR count). The summed E-state index contributed by atoms with van der Waals surface area (Å²) < 4.78 is 21.2. The molecule has 0 aromatic carbocycles. The first-order valence-electron chi connectivity index (χ1n) is 3.90. The Bertz CT molecular complexity index is 369. The molecule has 0 aliphatic heterocycles. The second-order valence-corrected chi connectivity index (χ2v) is 4.79. The normalized spacial score (nSPS) is 10.1. The molecule has 0 aromatic heterocycles. The molecule has 9 heteroatoms. The van der Waals surface area contributed by atoms with Gasteiger partial charge in [-0.25, -0.2) is 14.5 Å². The van der Waals surface area contributed by atoms with E-state index in [0.29, 0.717) is 6.26 Å². The molecule has 0 heterocycles. The summed E-state index contributed by atoms with van der Waals surface area (Å²) in [7, 11) is -2.73. The van der Waals surface area contributed by atoms with Gasteiger partial charge >= 0.3 is 0 Å². The number of sulfonamides is 1. The van der Waals surface area contributed by atoms with Crippen molar-refractivity contribution in [3.63, 3.8) is 0 Å². The van der Waals surface area contributed by atoms with E-state index in [1.165, 1.54) is 20.9 Å². The largest absolute Gasteiger partial charge is 0.469 e. The van der Waals surface area contributed by atoms with Crippen LogP contribution in [0.15, 0.2) is 0 Å². The van der Waals surface area contributed by atoms with Gasteiger partial charge in [0.25, 0.3) is 10.0 Å². The van der Waals surface area contributed by atoms with Crippen LogP contribution in [-0.4, -0.2) is 48.1 Å². The molecule has 7 nitrogen and oxygen atoms in total. The summed E-state index contributed by atoms with van der Waals surface area (Å²) in [5, 5.41) is 8.99. The van der Waals surface area contributed by atoms with Gasteiger partial charge in [-0.15, -0.1) is 4.47 Å². The van der Waals surface area contributed by atoms with Crippen molar-refractivity contribution >= 4 is 21.8 Å². The molecule has 0 aliphatic carbocycles. The van der Waals surface area contributed by atoms with Crippen LogP contribution in [0.25, 0.3) is 0 Å². The molecule has 0 spiro atoms. The maximum absolute atomic E-state index is 11.3. The minimum Gasteiger partial charge on any atom is -0.469 e. The maximum Gasteiger partial charge on any atom is 0.254 e. The van der Waals surface area contributed by atoms with Gasteiger partial charge in [-0.2, -0.15) is 6.92 Å². The van der Waals surface area contributed by atoms with Gasteiger partial charge < -0.3 is 9.69 Å². The third kappa shape index (κ3) is 4.77. The summed E-state index contributed by atoms with van der Waals surface area (Å²) in [6.07, 6.45) is 0.673. The Labute approximate surface area is 120 Å². The van der Waals surface area contributed by atoms with Crippen molar-refractivity contribution in [2.24, 2.45) is 0 Å². The summed E-state index contributed by atoms with van der Waals surface area (Å²) in [5.74, 6) is -1.60. The fourth-order valence-corrected chi connectivity index (χ4v) is 1.10. The molecule has 1 N–H and O–H groups in total. The van der Waals surface area contributed by atoms with E-state index in [-0.39, 0.29) is 38.8 Å². The Morgan fingerprint density at radius 1 is 1.31 bits per heavy atom. The minimum atomic E-state index is -4.03. The topological polar surface area (TPSA) is 95.0 Å². The molecule has 2 amide bonds. The first kappa shape index (κ1) is 18.2. The number of nitrogens with zero attached hydrogens (tertiary/aromatic N) is 2. The zero-order chi connectivity index (χ0) is 12.4. The Morgan fingerprint density at radius 2 is 1.69 bits per heavy atom. The monoisotopic (exact) mass is 326 g/mol. The van der Waals surface area contributed by atoms with Gasteiger partial charge in [-0.3, -0.25) is 10.0 Å². The molecule has 0 saturated carbocycles. The number of carbonyl (C=O) groups is 2. The second kappa shape index (κ2) is 6.53. The van der Waals surface area contributed by atoms with Gasteiger partial charge in [0, 0.05) is 39.6 Å². The zero-order valence-corrected chi connectivity index (χ0v) is 13.1. The van der Waals surface area contributed by atoms with E-state index in [0.717, 1.165) is 4.90 Å². The van der Waals surface area contributed by atoms with Crippen LogP contribution >= 0.6 is 0 Å². The van der Waals surface area contributed by atoms with Crippen LogP contribution in [0.1, 0.15) is 13.8 Å². The van der Waals surface area contributed by atoms with Crippen LogP contribution in [0.3, 0.4) is 0 Å². The average molecular weight is 326 g/mol. The first-order valence-corrected chi connectivity index (χ1v) is 5.75. The van der Waals surface area contributed by atoms with Crippen molar-refractivity contribution in [1.29, 1.82) is 0 Å². The first-order chi connectivity index (χ1) is 6.59. The smallest absolute Gasteiger partial charge is 0.254 e. The Morgan fingerprint density at radius 3 is 1.94 bits per heavy atom. The number of hydrogen-bond donors (Lipinski definition) is 1. The number of carbonyl (C=O) groups excluding carboxylic acids is 2. The Kier molecular flexibility index (Phi) is 7.43. The van der Waals surface area contributed by atoms with Crippen LogP contribution in [0.4, 0.5) is 0 Å². The van der Waals surface area contributed by atoms with Crippen molar-refractivity contribution in [1.82, 2.24) is 9.37 Å². The van der Waals surface area contributed by atoms with Gasteiger partial charge in [0.1, 0.15) is 5.91 Å². The van der Waals surface area contributed by atoms with Crippen molar-refractivity contribution in [3.05, 3.63) is 6.04 Å². The third-order valence-electron chi connectivity index (χ3n) is 1.77. The third-order valence-corrected chi connectivity index (χ3v) is 2.57. The van der Waals surface area contributed by atoms with Crippen LogP contribution in [0.5, 0.6) is 0 Å². The zero-order valence-electron chi connectivity index (χ0n) is 9.46. The molecule has 0 fully saturated rings. The Hall–Kier alpha value is -0.176. The quantitative estimate of drug-likeness (QED) is 0.416. The molecule has 0 atom stereocenters. The predicted octanol–water partition coefficient (Wildman–Crippen LogP) is -0.809. The fourth-order valence-electron chi connectivity index (χ4n) is 0.669. The standard InChI is InChI=1S/C7H13N2O5S.Y/c1-5(8(3)6(2)10)7(11)9(12)15(4,13)14;/h12H,1-4H3;/q-1;. The summed E-state index contributed by atoms with van der Waals surface area (Å²) in [5.41, 5.74) is 0. The Balaban J connectivity index is 0. The fraction of sp³-hybridized carbons (Fsp3) is 0.571. The van der Waals surface area contributed by atoms with Crippen molar-refractivity contribution in [2.45, 2.75) is 13.8 Å².